The van der Waals surface area contributed by atoms with Gasteiger partial charge in [-0.3, -0.25) is 0 Å². The topological polar surface area (TPSA) is 71.3 Å². The standard InChI is InChI=1S/C44H38N8/c1-23-45-47-41(49(23)7)33-35-40(52-32-22-12-10-16-26(32)28-18-13-19-29(38(28)52)43(35,3)4)34(42-48-46-24(2)50(42)8)36-39(33)51-31-21-11-9-15-25(31)27-17-14-20-30(37(27)51)44(36,5)6/h9-22H,1-8H3. The first-order chi connectivity index (χ1) is 25.0. The van der Waals surface area contributed by atoms with Gasteiger partial charge in [-0.1, -0.05) is 100 Å². The van der Waals surface area contributed by atoms with Crippen LogP contribution in [0.4, 0.5) is 0 Å². The van der Waals surface area contributed by atoms with E-state index in [2.05, 4.69) is 145 Å². The van der Waals surface area contributed by atoms with E-state index in [1.165, 1.54) is 65.9 Å². The van der Waals surface area contributed by atoms with Gasteiger partial charge in [0.15, 0.2) is 11.6 Å². The van der Waals surface area contributed by atoms with Crippen LogP contribution < -0.4 is 0 Å². The summed E-state index contributed by atoms with van der Waals surface area (Å²) in [4.78, 5) is 0. The third-order valence-corrected chi connectivity index (χ3v) is 12.5. The first-order valence-corrected chi connectivity index (χ1v) is 18.1. The molecule has 254 valence electrons. The Bertz CT molecular complexity index is 2860. The Morgan fingerprint density at radius 2 is 0.846 bits per heavy atom. The highest BCUT2D eigenvalue weighted by Gasteiger charge is 2.48. The van der Waals surface area contributed by atoms with Crippen molar-refractivity contribution in [1.29, 1.82) is 0 Å². The molecule has 0 spiro atoms. The quantitative estimate of drug-likeness (QED) is 0.183. The molecular formula is C44H38N8. The largest absolute Gasteiger partial charge is 0.314 e. The summed E-state index contributed by atoms with van der Waals surface area (Å²) in [6, 6.07) is 31.3. The number of hydrogen-bond donors (Lipinski definition) is 0. The molecule has 0 unspecified atom stereocenters. The molecule has 0 aliphatic carbocycles. The van der Waals surface area contributed by atoms with E-state index < -0.39 is 10.8 Å². The van der Waals surface area contributed by atoms with Crippen molar-refractivity contribution in [1.82, 2.24) is 38.7 Å². The summed E-state index contributed by atoms with van der Waals surface area (Å²) in [5, 5.41) is 24.5. The zero-order valence-electron chi connectivity index (χ0n) is 30.7. The van der Waals surface area contributed by atoms with Crippen LogP contribution in [0.15, 0.2) is 84.9 Å². The van der Waals surface area contributed by atoms with Gasteiger partial charge in [0.25, 0.3) is 0 Å². The summed E-state index contributed by atoms with van der Waals surface area (Å²) in [7, 11) is 4.20. The summed E-state index contributed by atoms with van der Waals surface area (Å²) in [6.45, 7) is 13.6. The molecule has 6 heterocycles. The molecule has 2 aliphatic rings. The van der Waals surface area contributed by atoms with Crippen LogP contribution in [0.5, 0.6) is 0 Å². The van der Waals surface area contributed by atoms with E-state index in [9.17, 15) is 0 Å². The maximum absolute atomic E-state index is 5.04. The Labute approximate surface area is 301 Å². The minimum atomic E-state index is -0.449. The number of nitrogens with zero attached hydrogens (tertiary/aromatic N) is 8. The van der Waals surface area contributed by atoms with Gasteiger partial charge in [0, 0.05) is 68.7 Å². The van der Waals surface area contributed by atoms with E-state index in [1.54, 1.807) is 0 Å². The Balaban J connectivity index is 1.52. The van der Waals surface area contributed by atoms with Crippen LogP contribution in [0.25, 0.3) is 77.8 Å². The molecule has 0 amide bonds. The van der Waals surface area contributed by atoms with Crippen molar-refractivity contribution >= 4 is 43.6 Å². The lowest BCUT2D eigenvalue weighted by Crippen LogP contribution is -2.34. The van der Waals surface area contributed by atoms with Crippen molar-refractivity contribution in [3.8, 4) is 34.2 Å². The number of aryl methyl sites for hydroxylation is 2. The number of aromatic nitrogens is 8. The lowest BCUT2D eigenvalue weighted by atomic mass is 9.66. The number of hydrogen-bond acceptors (Lipinski definition) is 4. The lowest BCUT2D eigenvalue weighted by molar-refractivity contribution is 0.611. The van der Waals surface area contributed by atoms with Gasteiger partial charge in [-0.2, -0.15) is 0 Å². The molecule has 11 rings (SSSR count). The van der Waals surface area contributed by atoms with E-state index in [0.29, 0.717) is 0 Å². The molecule has 0 saturated heterocycles. The Morgan fingerprint density at radius 3 is 1.23 bits per heavy atom. The van der Waals surface area contributed by atoms with Gasteiger partial charge in [0.05, 0.1) is 33.4 Å². The molecular weight excluding hydrogens is 641 g/mol. The van der Waals surface area contributed by atoms with Crippen LogP contribution in [0.1, 0.15) is 61.6 Å². The fourth-order valence-electron chi connectivity index (χ4n) is 9.85. The molecule has 5 aromatic carbocycles. The molecule has 9 aromatic rings. The zero-order chi connectivity index (χ0) is 35.6. The van der Waals surface area contributed by atoms with Crippen molar-refractivity contribution < 1.29 is 0 Å². The predicted molar refractivity (Wildman–Crippen MR) is 209 cm³/mol. The van der Waals surface area contributed by atoms with E-state index in [1.807, 2.05) is 13.8 Å². The molecule has 8 nitrogen and oxygen atoms in total. The average molecular weight is 679 g/mol. The van der Waals surface area contributed by atoms with E-state index in [0.717, 1.165) is 45.8 Å². The van der Waals surface area contributed by atoms with E-state index >= 15 is 0 Å². The molecule has 0 radical (unpaired) electrons. The molecule has 4 aromatic heterocycles. The maximum atomic E-state index is 5.04. The van der Waals surface area contributed by atoms with Crippen molar-refractivity contribution in [3.63, 3.8) is 0 Å². The average Bonchev–Trinajstić information content (AvgIpc) is 3.87. The van der Waals surface area contributed by atoms with Crippen LogP contribution in [-0.4, -0.2) is 38.7 Å². The number of fused-ring (bicyclic) bond motifs is 10. The smallest absolute Gasteiger partial charge is 0.166 e. The first-order valence-electron chi connectivity index (χ1n) is 18.1. The van der Waals surface area contributed by atoms with Gasteiger partial charge < -0.3 is 18.3 Å². The van der Waals surface area contributed by atoms with Gasteiger partial charge in [-0.15, -0.1) is 20.4 Å². The molecule has 0 saturated carbocycles. The predicted octanol–water partition coefficient (Wildman–Crippen LogP) is 9.37. The highest BCUT2D eigenvalue weighted by molar-refractivity contribution is 6.15. The normalized spacial score (nSPS) is 15.2. The van der Waals surface area contributed by atoms with Gasteiger partial charge >= 0.3 is 0 Å². The second-order valence-electron chi connectivity index (χ2n) is 15.8. The molecule has 0 bridgehead atoms. The highest BCUT2D eigenvalue weighted by atomic mass is 15.3. The fourth-order valence-corrected chi connectivity index (χ4v) is 9.85. The molecule has 0 N–H and O–H groups in total. The van der Waals surface area contributed by atoms with Gasteiger partial charge in [0.2, 0.25) is 0 Å². The highest BCUT2D eigenvalue weighted by Crippen LogP contribution is 2.60. The number of para-hydroxylation sites is 4. The minimum Gasteiger partial charge on any atom is -0.314 e. The van der Waals surface area contributed by atoms with Crippen molar-refractivity contribution in [2.75, 3.05) is 0 Å². The third-order valence-electron chi connectivity index (χ3n) is 12.5. The first kappa shape index (κ1) is 29.7. The lowest BCUT2D eigenvalue weighted by Gasteiger charge is -2.43. The second kappa shape index (κ2) is 9.44. The Hall–Kier alpha value is -6.02. The summed E-state index contributed by atoms with van der Waals surface area (Å²) in [5.74, 6) is 3.44. The van der Waals surface area contributed by atoms with Gasteiger partial charge in [-0.25, -0.2) is 0 Å². The molecule has 2 aliphatic heterocycles. The van der Waals surface area contributed by atoms with Crippen LogP contribution in [0, 0.1) is 13.8 Å². The summed E-state index contributed by atoms with van der Waals surface area (Å²) in [6.07, 6.45) is 0. The SMILES string of the molecule is Cc1nnc(-c2c3c(c(-c4nnc(C)n4C)c4c2C(C)(C)c2cccc5c6ccccc6n-4c25)C(C)(C)c2cccc4c5ccccc5n-3c24)n1C. The van der Waals surface area contributed by atoms with E-state index in [4.69, 9.17) is 20.4 Å². The third kappa shape index (κ3) is 3.26. The minimum absolute atomic E-state index is 0.449. The molecule has 8 heteroatoms. The number of rotatable bonds is 2. The number of benzene rings is 5. The van der Waals surface area contributed by atoms with Gasteiger partial charge in [0.1, 0.15) is 11.6 Å². The monoisotopic (exact) mass is 678 g/mol. The maximum Gasteiger partial charge on any atom is 0.166 e. The van der Waals surface area contributed by atoms with E-state index in [-0.39, 0.29) is 0 Å². The van der Waals surface area contributed by atoms with Crippen molar-refractivity contribution in [3.05, 3.63) is 119 Å². The summed E-state index contributed by atoms with van der Waals surface area (Å²) >= 11 is 0. The van der Waals surface area contributed by atoms with Gasteiger partial charge in [-0.05, 0) is 37.1 Å². The van der Waals surface area contributed by atoms with Crippen LogP contribution in [0.2, 0.25) is 0 Å². The Morgan fingerprint density at radius 1 is 0.462 bits per heavy atom. The second-order valence-corrected chi connectivity index (χ2v) is 15.8. The van der Waals surface area contributed by atoms with Crippen LogP contribution in [-0.2, 0) is 24.9 Å². The molecule has 0 atom stereocenters. The van der Waals surface area contributed by atoms with Crippen molar-refractivity contribution in [2.24, 2.45) is 14.1 Å². The van der Waals surface area contributed by atoms with Crippen molar-refractivity contribution in [2.45, 2.75) is 52.4 Å². The zero-order valence-corrected chi connectivity index (χ0v) is 30.7. The summed E-state index contributed by atoms with van der Waals surface area (Å²) < 4.78 is 9.40. The fraction of sp³-hybridized carbons (Fsp3) is 0.227. The summed E-state index contributed by atoms with van der Waals surface area (Å²) in [5.41, 5.74) is 13.4. The van der Waals surface area contributed by atoms with Crippen LogP contribution in [0.3, 0.4) is 0 Å². The van der Waals surface area contributed by atoms with Crippen LogP contribution >= 0.6 is 0 Å². The molecule has 0 fully saturated rings. The Kier molecular flexibility index (Phi) is 5.39. The molecule has 52 heavy (non-hydrogen) atoms.